The summed E-state index contributed by atoms with van der Waals surface area (Å²) in [6.45, 7) is 3.35. The normalized spacial score (nSPS) is 16.5. The van der Waals surface area contributed by atoms with Gasteiger partial charge < -0.3 is 24.3 Å². The van der Waals surface area contributed by atoms with Gasteiger partial charge in [0.25, 0.3) is 11.5 Å². The van der Waals surface area contributed by atoms with E-state index in [4.69, 9.17) is 9.15 Å². The van der Waals surface area contributed by atoms with Crippen LogP contribution in [-0.4, -0.2) is 55.0 Å². The van der Waals surface area contributed by atoms with Crippen LogP contribution < -0.4 is 25.4 Å². The smallest absolute Gasteiger partial charge is 0.287 e. The SMILES string of the molecule is COc1ccccc1N1CCN(c2ccc(=O)n(Cc3ccc(C(=O)NC4CCCC4)o3)n2)CC1. The molecule has 3 aromatic rings. The van der Waals surface area contributed by atoms with Gasteiger partial charge in [-0.3, -0.25) is 9.59 Å². The number of rotatable bonds is 7. The molecule has 9 heteroatoms. The van der Waals surface area contributed by atoms with Crippen LogP contribution in [0.5, 0.6) is 5.75 Å². The highest BCUT2D eigenvalue weighted by molar-refractivity contribution is 5.91. The van der Waals surface area contributed by atoms with Crippen molar-refractivity contribution in [3.63, 3.8) is 0 Å². The summed E-state index contributed by atoms with van der Waals surface area (Å²) < 4.78 is 12.6. The van der Waals surface area contributed by atoms with E-state index in [1.54, 1.807) is 25.3 Å². The molecule has 2 fully saturated rings. The number of furan rings is 1. The van der Waals surface area contributed by atoms with Gasteiger partial charge in [0, 0.05) is 38.3 Å². The lowest BCUT2D eigenvalue weighted by Gasteiger charge is -2.37. The molecule has 0 spiro atoms. The molecular formula is C26H31N5O4. The van der Waals surface area contributed by atoms with E-state index in [9.17, 15) is 9.59 Å². The lowest BCUT2D eigenvalue weighted by atomic mass is 10.2. The van der Waals surface area contributed by atoms with E-state index in [1.807, 2.05) is 18.2 Å². The van der Waals surface area contributed by atoms with Crippen molar-refractivity contribution >= 4 is 17.4 Å². The van der Waals surface area contributed by atoms with Crippen LogP contribution in [0.2, 0.25) is 0 Å². The highest BCUT2D eigenvalue weighted by atomic mass is 16.5. The fourth-order valence-electron chi connectivity index (χ4n) is 4.85. The van der Waals surface area contributed by atoms with Gasteiger partial charge >= 0.3 is 0 Å². The topological polar surface area (TPSA) is 92.8 Å². The molecule has 3 heterocycles. The van der Waals surface area contributed by atoms with Gasteiger partial charge in [-0.1, -0.05) is 25.0 Å². The van der Waals surface area contributed by atoms with E-state index < -0.39 is 0 Å². The largest absolute Gasteiger partial charge is 0.495 e. The first-order valence-corrected chi connectivity index (χ1v) is 12.2. The van der Waals surface area contributed by atoms with Gasteiger partial charge in [-0.25, -0.2) is 4.68 Å². The summed E-state index contributed by atoms with van der Waals surface area (Å²) in [5.41, 5.74) is 0.868. The number of benzene rings is 1. The maximum absolute atomic E-state index is 12.5. The Kier molecular flexibility index (Phi) is 6.74. The molecule has 5 rings (SSSR count). The number of aromatic nitrogens is 2. The molecule has 1 amide bonds. The lowest BCUT2D eigenvalue weighted by molar-refractivity contribution is 0.0907. The van der Waals surface area contributed by atoms with Crippen LogP contribution in [0.25, 0.3) is 0 Å². The number of nitrogens with one attached hydrogen (secondary N) is 1. The second-order valence-corrected chi connectivity index (χ2v) is 9.05. The second-order valence-electron chi connectivity index (χ2n) is 9.05. The van der Waals surface area contributed by atoms with Crippen molar-refractivity contribution in [3.05, 3.63) is 70.4 Å². The molecule has 9 nitrogen and oxygen atoms in total. The molecule has 0 radical (unpaired) electrons. The average molecular weight is 478 g/mol. The third kappa shape index (κ3) is 5.18. The first-order valence-electron chi connectivity index (χ1n) is 12.2. The monoisotopic (exact) mass is 477 g/mol. The van der Waals surface area contributed by atoms with Crippen LogP contribution in [0.4, 0.5) is 11.5 Å². The molecule has 184 valence electrons. The van der Waals surface area contributed by atoms with E-state index in [0.29, 0.717) is 5.76 Å². The number of hydrogen-bond donors (Lipinski definition) is 1. The van der Waals surface area contributed by atoms with Crippen LogP contribution in [0.15, 0.2) is 57.7 Å². The molecular weight excluding hydrogens is 446 g/mol. The number of nitrogens with zero attached hydrogens (tertiary/aromatic N) is 4. The number of carbonyl (C=O) groups is 1. The van der Waals surface area contributed by atoms with Crippen molar-refractivity contribution < 1.29 is 13.9 Å². The summed E-state index contributed by atoms with van der Waals surface area (Å²) in [7, 11) is 1.69. The maximum Gasteiger partial charge on any atom is 0.287 e. The zero-order valence-electron chi connectivity index (χ0n) is 20.0. The van der Waals surface area contributed by atoms with E-state index >= 15 is 0 Å². The highest BCUT2D eigenvalue weighted by Gasteiger charge is 2.22. The van der Waals surface area contributed by atoms with Crippen LogP contribution in [-0.2, 0) is 6.54 Å². The van der Waals surface area contributed by atoms with Crippen molar-refractivity contribution in [2.75, 3.05) is 43.1 Å². The second kappa shape index (κ2) is 10.2. The van der Waals surface area contributed by atoms with Crippen LogP contribution in [0, 0.1) is 0 Å². The van der Waals surface area contributed by atoms with E-state index in [1.165, 1.54) is 10.7 Å². The van der Waals surface area contributed by atoms with Gasteiger partial charge in [-0.15, -0.1) is 0 Å². The first-order chi connectivity index (χ1) is 17.1. The number of carbonyl (C=O) groups excluding carboxylic acids is 1. The molecule has 35 heavy (non-hydrogen) atoms. The summed E-state index contributed by atoms with van der Waals surface area (Å²) in [5, 5.41) is 7.61. The standard InChI is InChI=1S/C26H31N5O4/c1-34-22-9-5-4-8-21(22)29-14-16-30(17-15-29)24-12-13-25(32)31(28-24)18-20-10-11-23(35-20)26(33)27-19-6-2-3-7-19/h4-5,8-13,19H,2-3,6-7,14-18H2,1H3,(H,27,33). The minimum absolute atomic E-state index is 0.171. The van der Waals surface area contributed by atoms with Gasteiger partial charge in [0.2, 0.25) is 0 Å². The number of methoxy groups -OCH3 is 1. The Balaban J connectivity index is 1.23. The molecule has 0 atom stereocenters. The molecule has 1 aliphatic carbocycles. The van der Waals surface area contributed by atoms with Crippen LogP contribution >= 0.6 is 0 Å². The Hall–Kier alpha value is -3.75. The molecule has 1 aromatic carbocycles. The fraction of sp³-hybridized carbons (Fsp3) is 0.423. The molecule has 1 saturated heterocycles. The summed E-state index contributed by atoms with van der Waals surface area (Å²) in [6.07, 6.45) is 4.32. The first kappa shape index (κ1) is 23.0. The predicted molar refractivity (Wildman–Crippen MR) is 133 cm³/mol. The fourth-order valence-corrected chi connectivity index (χ4v) is 4.85. The molecule has 1 aliphatic heterocycles. The Bertz CT molecular complexity index is 1220. The number of hydrogen-bond acceptors (Lipinski definition) is 7. The van der Waals surface area contributed by atoms with Crippen molar-refractivity contribution in [3.8, 4) is 5.75 Å². The van der Waals surface area contributed by atoms with Crippen molar-refractivity contribution in [2.24, 2.45) is 0 Å². The zero-order valence-corrected chi connectivity index (χ0v) is 20.0. The van der Waals surface area contributed by atoms with Gasteiger partial charge in [0.05, 0.1) is 12.8 Å². The van der Waals surface area contributed by atoms with Crippen molar-refractivity contribution in [1.29, 1.82) is 0 Å². The van der Waals surface area contributed by atoms with Crippen molar-refractivity contribution in [2.45, 2.75) is 38.3 Å². The average Bonchev–Trinajstić information content (AvgIpc) is 3.58. The summed E-state index contributed by atoms with van der Waals surface area (Å²) in [5.74, 6) is 2.19. The van der Waals surface area contributed by atoms with Gasteiger partial charge in [0.15, 0.2) is 5.76 Å². The molecule has 0 unspecified atom stereocenters. The Morgan fingerprint density at radius 2 is 1.77 bits per heavy atom. The van der Waals surface area contributed by atoms with Crippen LogP contribution in [0.3, 0.4) is 0 Å². The Morgan fingerprint density at radius 3 is 2.54 bits per heavy atom. The third-order valence-electron chi connectivity index (χ3n) is 6.76. The Morgan fingerprint density at radius 1 is 1.03 bits per heavy atom. The summed E-state index contributed by atoms with van der Waals surface area (Å²) >= 11 is 0. The van der Waals surface area contributed by atoms with Gasteiger partial charge in [0.1, 0.15) is 23.9 Å². The van der Waals surface area contributed by atoms with Crippen LogP contribution in [0.1, 0.15) is 42.0 Å². The molecule has 1 N–H and O–H groups in total. The lowest BCUT2D eigenvalue weighted by Crippen LogP contribution is -2.47. The van der Waals surface area contributed by atoms with Gasteiger partial charge in [-0.2, -0.15) is 5.10 Å². The van der Waals surface area contributed by atoms with E-state index in [2.05, 4.69) is 26.3 Å². The van der Waals surface area contributed by atoms with Crippen molar-refractivity contribution in [1.82, 2.24) is 15.1 Å². The number of anilines is 2. The molecule has 1 saturated carbocycles. The quantitative estimate of drug-likeness (QED) is 0.559. The summed E-state index contributed by atoms with van der Waals surface area (Å²) in [6, 6.07) is 14.9. The minimum Gasteiger partial charge on any atom is -0.495 e. The molecule has 0 bridgehead atoms. The maximum atomic E-state index is 12.5. The number of piperazine rings is 1. The molecule has 2 aromatic heterocycles. The van der Waals surface area contributed by atoms with E-state index in [0.717, 1.165) is 69.1 Å². The Labute approximate surface area is 204 Å². The predicted octanol–water partition coefficient (Wildman–Crippen LogP) is 2.89. The summed E-state index contributed by atoms with van der Waals surface area (Å²) in [4.78, 5) is 29.4. The zero-order chi connectivity index (χ0) is 24.2. The minimum atomic E-state index is -0.213. The van der Waals surface area contributed by atoms with E-state index in [-0.39, 0.29) is 29.8 Å². The molecule has 2 aliphatic rings. The number of amides is 1. The number of para-hydroxylation sites is 2. The third-order valence-corrected chi connectivity index (χ3v) is 6.76. The number of ether oxygens (including phenoxy) is 1. The highest BCUT2D eigenvalue weighted by Crippen LogP contribution is 2.29. The van der Waals surface area contributed by atoms with Gasteiger partial charge in [-0.05, 0) is 43.2 Å².